The number of fused-ring (bicyclic) bond motifs is 1. The van der Waals surface area contributed by atoms with Crippen molar-refractivity contribution < 1.29 is 14.5 Å². The smallest absolute Gasteiger partial charge is 0.257 e. The van der Waals surface area contributed by atoms with Crippen molar-refractivity contribution in [1.82, 2.24) is 4.57 Å². The Morgan fingerprint density at radius 2 is 1.83 bits per heavy atom. The maximum atomic E-state index is 8.89. The van der Waals surface area contributed by atoms with E-state index < -0.39 is 5.97 Å². The Morgan fingerprint density at radius 3 is 2.52 bits per heavy atom. The van der Waals surface area contributed by atoms with Crippen LogP contribution >= 0.6 is 23.2 Å². The van der Waals surface area contributed by atoms with Gasteiger partial charge in [-0.3, -0.25) is 0 Å². The number of carbonyl (C=O) groups is 1. The minimum Gasteiger partial charge on any atom is -0.550 e. The predicted octanol–water partition coefficient (Wildman–Crippen LogP) is 4.28. The number of nitrogens with zero attached hydrogens (tertiary/aromatic N) is 2. The van der Waals surface area contributed by atoms with Gasteiger partial charge in [0.25, 0.3) is 5.82 Å². The summed E-state index contributed by atoms with van der Waals surface area (Å²) in [6, 6.07) is 16.4. The summed E-state index contributed by atoms with van der Waals surface area (Å²) in [6.07, 6.45) is 7.16. The molecule has 0 unspecified atom stereocenters. The number of carboxylic acids is 1. The molecule has 3 aromatic rings. The fourth-order valence-corrected chi connectivity index (χ4v) is 4.12. The zero-order chi connectivity index (χ0) is 20.8. The standard InChI is InChI=1S/C21H21Cl2N2.C2H4O2/c22-18-11-10-17(19(23)13-18)14-24-15-20(16-7-3-1-4-8-16)25-12-6-2-5-9-21(24)25;1-2(3)4/h1,3-4,7-8,10-11,13,15H,2,5-6,9,12,14H2;1H3,(H,3,4)/q+1;/p-1. The first-order chi connectivity index (χ1) is 14.0. The number of halogens is 2. The molecule has 29 heavy (non-hydrogen) atoms. The monoisotopic (exact) mass is 430 g/mol. The van der Waals surface area contributed by atoms with Crippen molar-refractivity contribution in [2.75, 3.05) is 0 Å². The Bertz CT molecular complexity index is 980. The number of aliphatic carboxylic acids is 1. The van der Waals surface area contributed by atoms with Gasteiger partial charge < -0.3 is 9.90 Å². The minimum atomic E-state index is -1.08. The summed E-state index contributed by atoms with van der Waals surface area (Å²) in [5.41, 5.74) is 3.67. The molecule has 4 rings (SSSR count). The molecular weight excluding hydrogens is 407 g/mol. The van der Waals surface area contributed by atoms with Gasteiger partial charge in [-0.1, -0.05) is 59.6 Å². The quantitative estimate of drug-likeness (QED) is 0.582. The normalized spacial score (nSPS) is 13.1. The van der Waals surface area contributed by atoms with Gasteiger partial charge in [0.05, 0.1) is 6.54 Å². The third-order valence-electron chi connectivity index (χ3n) is 4.92. The van der Waals surface area contributed by atoms with Crippen LogP contribution in [0.1, 0.15) is 37.6 Å². The van der Waals surface area contributed by atoms with E-state index in [0.717, 1.165) is 37.0 Å². The molecule has 1 aliphatic rings. The van der Waals surface area contributed by atoms with Crippen LogP contribution in [0.25, 0.3) is 11.3 Å². The number of hydrogen-bond donors (Lipinski definition) is 0. The molecular formula is C23H24Cl2N2O2. The Balaban J connectivity index is 0.000000552. The van der Waals surface area contributed by atoms with Crippen molar-refractivity contribution in [2.45, 2.75) is 45.7 Å². The average Bonchev–Trinajstić information content (AvgIpc) is 2.85. The highest BCUT2D eigenvalue weighted by Gasteiger charge is 2.26. The number of carboxylic acid groups (broad SMARTS) is 1. The molecule has 0 saturated heterocycles. The van der Waals surface area contributed by atoms with Crippen LogP contribution in [0.4, 0.5) is 0 Å². The zero-order valence-corrected chi connectivity index (χ0v) is 17.9. The Morgan fingerprint density at radius 1 is 1.10 bits per heavy atom. The molecule has 0 atom stereocenters. The first-order valence-corrected chi connectivity index (χ1v) is 10.5. The lowest BCUT2D eigenvalue weighted by Crippen LogP contribution is -2.37. The summed E-state index contributed by atoms with van der Waals surface area (Å²) in [5.74, 6) is 0.308. The van der Waals surface area contributed by atoms with Crippen LogP contribution < -0.4 is 9.67 Å². The highest BCUT2D eigenvalue weighted by Crippen LogP contribution is 2.25. The van der Waals surface area contributed by atoms with Gasteiger partial charge in [-0.25, -0.2) is 9.13 Å². The SMILES string of the molecule is CC(=O)[O-].Clc1ccc(C[n+]2cc(-c3ccccc3)n3c2CCCCC3)c(Cl)c1. The second-order valence-corrected chi connectivity index (χ2v) is 7.96. The molecule has 6 heteroatoms. The third kappa shape index (κ3) is 5.62. The highest BCUT2D eigenvalue weighted by atomic mass is 35.5. The maximum absolute atomic E-state index is 8.89. The molecule has 4 nitrogen and oxygen atoms in total. The van der Waals surface area contributed by atoms with Crippen LogP contribution in [-0.4, -0.2) is 10.5 Å². The second kappa shape index (κ2) is 9.95. The van der Waals surface area contributed by atoms with E-state index in [1.54, 1.807) is 0 Å². The first kappa shape index (κ1) is 21.4. The highest BCUT2D eigenvalue weighted by molar-refractivity contribution is 6.35. The van der Waals surface area contributed by atoms with Crippen molar-refractivity contribution >= 4 is 29.2 Å². The summed E-state index contributed by atoms with van der Waals surface area (Å²) in [4.78, 5) is 8.89. The molecule has 0 aliphatic carbocycles. The average molecular weight is 431 g/mol. The van der Waals surface area contributed by atoms with Crippen molar-refractivity contribution in [1.29, 1.82) is 0 Å². The zero-order valence-electron chi connectivity index (χ0n) is 16.4. The summed E-state index contributed by atoms with van der Waals surface area (Å²) >= 11 is 12.5. The van der Waals surface area contributed by atoms with Gasteiger partial charge in [0.15, 0.2) is 5.69 Å². The van der Waals surface area contributed by atoms with E-state index in [4.69, 9.17) is 33.1 Å². The fourth-order valence-electron chi connectivity index (χ4n) is 3.65. The van der Waals surface area contributed by atoms with Gasteiger partial charge in [0, 0.05) is 33.6 Å². The molecule has 0 radical (unpaired) electrons. The Hall–Kier alpha value is -2.30. The molecule has 0 amide bonds. The topological polar surface area (TPSA) is 48.9 Å². The molecule has 1 aromatic heterocycles. The van der Waals surface area contributed by atoms with Crippen molar-refractivity contribution in [3.05, 3.63) is 76.2 Å². The number of benzene rings is 2. The fraction of sp³-hybridized carbons (Fsp3) is 0.304. The van der Waals surface area contributed by atoms with Crippen LogP contribution in [0.3, 0.4) is 0 Å². The van der Waals surface area contributed by atoms with Crippen LogP contribution in [0, 0.1) is 0 Å². The maximum Gasteiger partial charge on any atom is 0.257 e. The predicted molar refractivity (Wildman–Crippen MR) is 114 cm³/mol. The van der Waals surface area contributed by atoms with Crippen molar-refractivity contribution in [3.63, 3.8) is 0 Å². The molecule has 2 heterocycles. The number of rotatable bonds is 3. The van der Waals surface area contributed by atoms with Gasteiger partial charge >= 0.3 is 0 Å². The van der Waals surface area contributed by atoms with Crippen LogP contribution in [-0.2, 0) is 24.3 Å². The summed E-state index contributed by atoms with van der Waals surface area (Å²) in [6.45, 7) is 2.83. The molecule has 0 spiro atoms. The van der Waals surface area contributed by atoms with Gasteiger partial charge in [-0.2, -0.15) is 0 Å². The molecule has 0 N–H and O–H groups in total. The Labute approximate surface area is 181 Å². The van der Waals surface area contributed by atoms with Gasteiger partial charge in [-0.15, -0.1) is 0 Å². The van der Waals surface area contributed by atoms with Gasteiger partial charge in [0.1, 0.15) is 12.7 Å². The lowest BCUT2D eigenvalue weighted by molar-refractivity contribution is -0.695. The molecule has 0 fully saturated rings. The molecule has 2 aromatic carbocycles. The van der Waals surface area contributed by atoms with Crippen LogP contribution in [0.2, 0.25) is 10.0 Å². The number of aromatic nitrogens is 2. The van der Waals surface area contributed by atoms with Crippen LogP contribution in [0.15, 0.2) is 54.7 Å². The first-order valence-electron chi connectivity index (χ1n) is 9.74. The lowest BCUT2D eigenvalue weighted by Gasteiger charge is -2.05. The molecule has 152 valence electrons. The summed E-state index contributed by atoms with van der Waals surface area (Å²) in [5, 5.41) is 10.3. The van der Waals surface area contributed by atoms with Crippen molar-refractivity contribution in [3.8, 4) is 11.3 Å². The summed E-state index contributed by atoms with van der Waals surface area (Å²) in [7, 11) is 0. The third-order valence-corrected chi connectivity index (χ3v) is 5.51. The van der Waals surface area contributed by atoms with Crippen LogP contribution in [0.5, 0.6) is 0 Å². The number of carbonyl (C=O) groups excluding carboxylic acids is 1. The van der Waals surface area contributed by atoms with Gasteiger partial charge in [-0.05, 0) is 38.3 Å². The van der Waals surface area contributed by atoms with E-state index in [1.807, 2.05) is 18.2 Å². The van der Waals surface area contributed by atoms with E-state index in [-0.39, 0.29) is 0 Å². The molecule has 1 aliphatic heterocycles. The minimum absolute atomic E-state index is 0.680. The number of imidazole rings is 1. The van der Waals surface area contributed by atoms with E-state index in [9.17, 15) is 0 Å². The number of hydrogen-bond acceptors (Lipinski definition) is 2. The van der Waals surface area contributed by atoms with E-state index in [2.05, 4.69) is 45.7 Å². The largest absolute Gasteiger partial charge is 0.550 e. The van der Waals surface area contributed by atoms with E-state index in [0.29, 0.717) is 5.02 Å². The van der Waals surface area contributed by atoms with Crippen molar-refractivity contribution in [2.24, 2.45) is 0 Å². The second-order valence-electron chi connectivity index (χ2n) is 7.11. The Kier molecular flexibility index (Phi) is 7.34. The van der Waals surface area contributed by atoms with Gasteiger partial charge in [0.2, 0.25) is 0 Å². The lowest BCUT2D eigenvalue weighted by atomic mass is 10.1. The van der Waals surface area contributed by atoms with E-state index in [1.165, 1.54) is 36.3 Å². The molecule has 0 bridgehead atoms. The van der Waals surface area contributed by atoms with E-state index >= 15 is 0 Å². The summed E-state index contributed by atoms with van der Waals surface area (Å²) < 4.78 is 4.86. The molecule has 0 saturated carbocycles.